The molecule has 0 heterocycles. The van der Waals surface area contributed by atoms with Crippen LogP contribution in [0.4, 0.5) is 14.9 Å². The number of nitrogens with one attached hydrogen (secondary N) is 2. The largest absolute Gasteiger partial charge is 0.335 e. The molecule has 2 fully saturated rings. The highest BCUT2D eigenvalue weighted by Gasteiger charge is 2.42. The topological polar surface area (TPSA) is 41.1 Å². The van der Waals surface area contributed by atoms with Crippen molar-refractivity contribution in [1.82, 2.24) is 5.32 Å². The van der Waals surface area contributed by atoms with Gasteiger partial charge in [-0.05, 0) is 62.1 Å². The number of halogens is 2. The lowest BCUT2D eigenvalue weighted by Crippen LogP contribution is -2.42. The molecule has 0 radical (unpaired) electrons. The fraction of sp³-hybridized carbons (Fsp3) is 0.562. The van der Waals surface area contributed by atoms with E-state index in [1.165, 1.54) is 37.8 Å². The van der Waals surface area contributed by atoms with Crippen LogP contribution < -0.4 is 10.6 Å². The maximum atomic E-state index is 13.6. The predicted molar refractivity (Wildman–Crippen MR) is 82.0 cm³/mol. The van der Waals surface area contributed by atoms with Crippen molar-refractivity contribution in [2.75, 3.05) is 5.32 Å². The van der Waals surface area contributed by atoms with Crippen LogP contribution in [0.3, 0.4) is 0 Å². The summed E-state index contributed by atoms with van der Waals surface area (Å²) < 4.78 is 13.6. The molecule has 2 aliphatic carbocycles. The lowest BCUT2D eigenvalue weighted by atomic mass is 9.84. The minimum Gasteiger partial charge on any atom is -0.335 e. The molecular weight excluding hydrogens is 291 g/mol. The smallest absolute Gasteiger partial charge is 0.319 e. The first kappa shape index (κ1) is 14.6. The number of hydrogen-bond acceptors (Lipinski definition) is 1. The van der Waals surface area contributed by atoms with E-state index in [0.717, 1.165) is 11.8 Å². The van der Waals surface area contributed by atoms with Crippen molar-refractivity contribution in [3.63, 3.8) is 0 Å². The van der Waals surface area contributed by atoms with E-state index in [9.17, 15) is 9.18 Å². The molecule has 2 amide bonds. The first-order valence-electron chi connectivity index (χ1n) is 7.55. The van der Waals surface area contributed by atoms with E-state index in [2.05, 4.69) is 10.6 Å². The molecule has 0 unspecified atom stereocenters. The Kier molecular flexibility index (Phi) is 4.07. The van der Waals surface area contributed by atoms with E-state index in [4.69, 9.17) is 11.6 Å². The summed E-state index contributed by atoms with van der Waals surface area (Å²) in [5.41, 5.74) is 0.150. The Hall–Kier alpha value is -1.29. The van der Waals surface area contributed by atoms with Crippen LogP contribution in [0, 0.1) is 23.6 Å². The summed E-state index contributed by atoms with van der Waals surface area (Å²) in [7, 11) is 0. The Balaban J connectivity index is 1.56. The Labute approximate surface area is 129 Å². The maximum absolute atomic E-state index is 13.6. The third-order valence-corrected chi connectivity index (χ3v) is 5.21. The highest BCUT2D eigenvalue weighted by atomic mass is 35.5. The molecule has 5 heteroatoms. The molecule has 2 bridgehead atoms. The molecule has 1 aromatic carbocycles. The number of urea groups is 1. The minimum absolute atomic E-state index is 0.121. The van der Waals surface area contributed by atoms with Crippen molar-refractivity contribution in [3.8, 4) is 0 Å². The quantitative estimate of drug-likeness (QED) is 0.852. The van der Waals surface area contributed by atoms with E-state index < -0.39 is 5.82 Å². The average molecular weight is 311 g/mol. The Morgan fingerprint density at radius 3 is 2.81 bits per heavy atom. The van der Waals surface area contributed by atoms with Gasteiger partial charge in [0.25, 0.3) is 0 Å². The van der Waals surface area contributed by atoms with Crippen molar-refractivity contribution in [1.29, 1.82) is 0 Å². The summed E-state index contributed by atoms with van der Waals surface area (Å²) in [5, 5.41) is 5.81. The number of rotatable bonds is 3. The number of amides is 2. The Bertz CT molecular complexity index is 551. The maximum Gasteiger partial charge on any atom is 0.319 e. The molecule has 2 saturated carbocycles. The van der Waals surface area contributed by atoms with Crippen LogP contribution in [0.2, 0.25) is 5.02 Å². The van der Waals surface area contributed by atoms with Crippen molar-refractivity contribution >= 4 is 23.3 Å². The van der Waals surface area contributed by atoms with Gasteiger partial charge in [-0.25, -0.2) is 9.18 Å². The number of fused-ring (bicyclic) bond motifs is 2. The van der Waals surface area contributed by atoms with Gasteiger partial charge in [0, 0.05) is 11.1 Å². The fourth-order valence-electron chi connectivity index (χ4n) is 3.97. The third kappa shape index (κ3) is 3.15. The van der Waals surface area contributed by atoms with Gasteiger partial charge in [0.05, 0.1) is 5.69 Å². The van der Waals surface area contributed by atoms with Gasteiger partial charge in [-0.1, -0.05) is 18.0 Å². The normalized spacial score (nSPS) is 28.4. The zero-order chi connectivity index (χ0) is 15.0. The minimum atomic E-state index is -0.523. The second-order valence-corrected chi connectivity index (χ2v) is 6.79. The molecule has 0 aliphatic heterocycles. The molecule has 3 rings (SSSR count). The summed E-state index contributed by atoms with van der Waals surface area (Å²) >= 11 is 5.69. The molecule has 21 heavy (non-hydrogen) atoms. The average Bonchev–Trinajstić information content (AvgIpc) is 3.04. The SMILES string of the molecule is C[C@@H](NC(=O)Nc1ccc(Cl)cc1F)[C@H]1C[C@H]2CC[C@H]1C2. The molecule has 114 valence electrons. The van der Waals surface area contributed by atoms with E-state index >= 15 is 0 Å². The number of carbonyl (C=O) groups excluding carboxylic acids is 1. The van der Waals surface area contributed by atoms with Gasteiger partial charge < -0.3 is 10.6 Å². The Morgan fingerprint density at radius 1 is 1.38 bits per heavy atom. The Morgan fingerprint density at radius 2 is 2.19 bits per heavy atom. The first-order chi connectivity index (χ1) is 10.0. The zero-order valence-corrected chi connectivity index (χ0v) is 12.8. The van der Waals surface area contributed by atoms with Crippen molar-refractivity contribution in [3.05, 3.63) is 29.0 Å². The monoisotopic (exact) mass is 310 g/mol. The first-order valence-corrected chi connectivity index (χ1v) is 7.93. The van der Waals surface area contributed by atoms with Crippen molar-refractivity contribution in [2.45, 2.75) is 38.6 Å². The lowest BCUT2D eigenvalue weighted by molar-refractivity contribution is 0.230. The molecule has 0 saturated heterocycles. The van der Waals surface area contributed by atoms with Crippen molar-refractivity contribution < 1.29 is 9.18 Å². The highest BCUT2D eigenvalue weighted by Crippen LogP contribution is 2.49. The number of carbonyl (C=O) groups is 1. The van der Waals surface area contributed by atoms with Crippen LogP contribution in [-0.4, -0.2) is 12.1 Å². The molecule has 0 spiro atoms. The van der Waals surface area contributed by atoms with Gasteiger partial charge in [-0.3, -0.25) is 0 Å². The standard InChI is InChI=1S/C16H20ClFN2O/c1-9(13-7-10-2-3-11(13)6-10)19-16(21)20-15-5-4-12(17)8-14(15)18/h4-5,8-11,13H,2-3,6-7H2,1H3,(H2,19,20,21)/t9-,10+,11+,13-/m1/s1. The molecule has 3 nitrogen and oxygen atoms in total. The second kappa shape index (κ2) is 5.84. The third-order valence-electron chi connectivity index (χ3n) is 4.97. The van der Waals surface area contributed by atoms with Gasteiger partial charge in [-0.15, -0.1) is 0 Å². The predicted octanol–water partition coefficient (Wildman–Crippen LogP) is 4.43. The van der Waals surface area contributed by atoms with Gasteiger partial charge in [0.2, 0.25) is 0 Å². The number of benzene rings is 1. The number of anilines is 1. The van der Waals surface area contributed by atoms with E-state index in [-0.39, 0.29) is 17.8 Å². The fourth-order valence-corrected chi connectivity index (χ4v) is 4.13. The van der Waals surface area contributed by atoms with Crippen molar-refractivity contribution in [2.24, 2.45) is 17.8 Å². The van der Waals surface area contributed by atoms with E-state index in [0.29, 0.717) is 10.9 Å². The van der Waals surface area contributed by atoms with E-state index in [1.54, 1.807) is 6.07 Å². The molecule has 4 atom stereocenters. The summed E-state index contributed by atoms with van der Waals surface area (Å²) in [6, 6.07) is 3.98. The van der Waals surface area contributed by atoms with Gasteiger partial charge in [0.15, 0.2) is 0 Å². The van der Waals surface area contributed by atoms with Gasteiger partial charge in [-0.2, -0.15) is 0 Å². The van der Waals surface area contributed by atoms with Crippen LogP contribution >= 0.6 is 11.6 Å². The zero-order valence-electron chi connectivity index (χ0n) is 12.0. The second-order valence-electron chi connectivity index (χ2n) is 6.35. The van der Waals surface area contributed by atoms with Crippen LogP contribution in [0.15, 0.2) is 18.2 Å². The highest BCUT2D eigenvalue weighted by molar-refractivity contribution is 6.30. The molecule has 2 aliphatic rings. The molecule has 0 aromatic heterocycles. The lowest BCUT2D eigenvalue weighted by Gasteiger charge is -2.28. The molecule has 2 N–H and O–H groups in total. The summed E-state index contributed by atoms with van der Waals surface area (Å²) in [4.78, 5) is 12.0. The van der Waals surface area contributed by atoms with Crippen LogP contribution in [0.25, 0.3) is 0 Å². The van der Waals surface area contributed by atoms with Crippen LogP contribution in [0.5, 0.6) is 0 Å². The molecular formula is C16H20ClFN2O. The van der Waals surface area contributed by atoms with Crippen LogP contribution in [-0.2, 0) is 0 Å². The van der Waals surface area contributed by atoms with Crippen LogP contribution in [0.1, 0.15) is 32.6 Å². The van der Waals surface area contributed by atoms with E-state index in [1.807, 2.05) is 6.92 Å². The summed E-state index contributed by atoms with van der Waals surface area (Å²) in [6.45, 7) is 2.04. The number of hydrogen-bond donors (Lipinski definition) is 2. The van der Waals surface area contributed by atoms with Gasteiger partial charge >= 0.3 is 6.03 Å². The van der Waals surface area contributed by atoms with Gasteiger partial charge in [0.1, 0.15) is 5.82 Å². The molecule has 1 aromatic rings. The summed E-state index contributed by atoms with van der Waals surface area (Å²) in [6.07, 6.45) is 5.15. The summed E-state index contributed by atoms with van der Waals surface area (Å²) in [5.74, 6) is 1.63.